The molecule has 6 fully saturated rings. The molecule has 7 aliphatic rings. The maximum absolute atomic E-state index is 11.6. The van der Waals surface area contributed by atoms with Crippen molar-refractivity contribution >= 4 is 11.5 Å². The highest BCUT2D eigenvalue weighted by Crippen LogP contribution is 2.76. The smallest absolute Gasteiger partial charge is 0.335 e. The summed E-state index contributed by atoms with van der Waals surface area (Å²) in [4.78, 5) is 11.6. The first-order chi connectivity index (χ1) is 23.3. The second-order valence-electron chi connectivity index (χ2n) is 19.4. The molecular weight excluding hydrogens is 604 g/mol. The fourth-order valence-corrected chi connectivity index (χ4v) is 14.5. The number of allylic oxidation sites excluding steroid dienone is 3. The van der Waals surface area contributed by atoms with Crippen LogP contribution in [0.5, 0.6) is 0 Å². The fraction of sp³-hybridized carbons (Fsp3) is 0.750. The average Bonchev–Trinajstić information content (AvgIpc) is 3.56. The van der Waals surface area contributed by atoms with E-state index in [1.807, 2.05) is 12.1 Å². The Morgan fingerprint density at radius 2 is 1.71 bits per heavy atom. The fourth-order valence-electron chi connectivity index (χ4n) is 14.5. The predicted octanol–water partition coefficient (Wildman–Crippen LogP) is 9.00. The molecule has 0 spiro atoms. The molecule has 5 nitrogen and oxygen atoms in total. The number of carbonyl (C=O) groups is 1. The van der Waals surface area contributed by atoms with Crippen LogP contribution in [-0.4, -0.2) is 49.0 Å². The van der Waals surface area contributed by atoms with E-state index in [2.05, 4.69) is 64.8 Å². The minimum atomic E-state index is -0.854. The van der Waals surface area contributed by atoms with Crippen molar-refractivity contribution in [2.45, 2.75) is 117 Å². The molecule has 0 amide bonds. The molecular formula is C44H64N2O3. The van der Waals surface area contributed by atoms with Crippen LogP contribution in [0.15, 0.2) is 42.5 Å². The van der Waals surface area contributed by atoms with Gasteiger partial charge in [0.05, 0.1) is 18.3 Å². The summed E-state index contributed by atoms with van der Waals surface area (Å²) in [7, 11) is 0. The Kier molecular flexibility index (Phi) is 8.21. The van der Waals surface area contributed by atoms with Gasteiger partial charge in [0, 0.05) is 25.2 Å². The van der Waals surface area contributed by atoms with E-state index < -0.39 is 5.97 Å². The molecule has 1 heterocycles. The first-order valence-electron chi connectivity index (χ1n) is 20.0. The molecule has 5 heteroatoms. The number of ether oxygens (including phenoxy) is 1. The summed E-state index contributed by atoms with van der Waals surface area (Å²) >= 11 is 0. The molecule has 3 N–H and O–H groups in total. The number of aromatic carboxylic acids is 1. The SMILES string of the molecule is C=C(C)[C@@H]1CC[C@]2(NCCNC[C@H]3OCC4CC43)CC[C@]3(C)[C@H](CC[C@@H]4[C@@]5(C)CC=C(c6ccc(C(=O)O)cc6)C(C)(C)[C@@H]5CC[C@]43C)[C@@H]12. The Morgan fingerprint density at radius 3 is 2.39 bits per heavy atom. The molecule has 1 aromatic carbocycles. The van der Waals surface area contributed by atoms with Crippen LogP contribution in [0, 0.1) is 63.1 Å². The zero-order chi connectivity index (χ0) is 34.6. The van der Waals surface area contributed by atoms with Crippen molar-refractivity contribution in [2.75, 3.05) is 26.2 Å². The third-order valence-corrected chi connectivity index (χ3v) is 17.2. The van der Waals surface area contributed by atoms with Gasteiger partial charge in [0.25, 0.3) is 0 Å². The first-order valence-corrected chi connectivity index (χ1v) is 20.0. The van der Waals surface area contributed by atoms with Gasteiger partial charge < -0.3 is 20.5 Å². The average molecular weight is 669 g/mol. The second kappa shape index (κ2) is 11.8. The maximum atomic E-state index is 11.6. The van der Waals surface area contributed by atoms with E-state index in [0.29, 0.717) is 46.2 Å². The number of hydrogen-bond donors (Lipinski definition) is 3. The molecule has 6 aliphatic carbocycles. The van der Waals surface area contributed by atoms with Crippen LogP contribution in [0.4, 0.5) is 0 Å². The quantitative estimate of drug-likeness (QED) is 0.181. The largest absolute Gasteiger partial charge is 0.478 e. The van der Waals surface area contributed by atoms with E-state index in [9.17, 15) is 9.90 Å². The molecule has 1 aromatic rings. The van der Waals surface area contributed by atoms with Crippen molar-refractivity contribution in [3.8, 4) is 0 Å². The lowest BCUT2D eigenvalue weighted by molar-refractivity contribution is -0.219. The van der Waals surface area contributed by atoms with E-state index in [-0.39, 0.29) is 16.4 Å². The summed E-state index contributed by atoms with van der Waals surface area (Å²) in [6.07, 6.45) is 16.0. The maximum Gasteiger partial charge on any atom is 0.335 e. The lowest BCUT2D eigenvalue weighted by Gasteiger charge is -2.72. The first kappa shape index (κ1) is 34.2. The normalized spacial score (nSPS) is 46.0. The van der Waals surface area contributed by atoms with Crippen LogP contribution in [0.25, 0.3) is 5.57 Å². The molecule has 0 radical (unpaired) electrons. The van der Waals surface area contributed by atoms with Crippen molar-refractivity contribution in [1.29, 1.82) is 0 Å². The number of hydrogen-bond acceptors (Lipinski definition) is 4. The minimum absolute atomic E-state index is 0.0389. The van der Waals surface area contributed by atoms with Crippen molar-refractivity contribution < 1.29 is 14.6 Å². The molecule has 8 rings (SSSR count). The minimum Gasteiger partial charge on any atom is -0.478 e. The molecule has 12 atom stereocenters. The van der Waals surface area contributed by atoms with Crippen molar-refractivity contribution in [1.82, 2.24) is 10.6 Å². The summed E-state index contributed by atoms with van der Waals surface area (Å²) in [6, 6.07) is 7.66. The van der Waals surface area contributed by atoms with E-state index >= 15 is 0 Å². The highest BCUT2D eigenvalue weighted by molar-refractivity contribution is 5.88. The van der Waals surface area contributed by atoms with Gasteiger partial charge in [-0.1, -0.05) is 65.0 Å². The lowest BCUT2D eigenvalue weighted by atomic mass is 9.33. The van der Waals surface area contributed by atoms with Gasteiger partial charge in [0.2, 0.25) is 0 Å². The summed E-state index contributed by atoms with van der Waals surface area (Å²) in [6.45, 7) is 24.1. The predicted molar refractivity (Wildman–Crippen MR) is 198 cm³/mol. The third-order valence-electron chi connectivity index (χ3n) is 17.2. The molecule has 1 aliphatic heterocycles. The summed E-state index contributed by atoms with van der Waals surface area (Å²) in [5.74, 6) is 4.21. The van der Waals surface area contributed by atoms with E-state index in [4.69, 9.17) is 4.74 Å². The van der Waals surface area contributed by atoms with Gasteiger partial charge in [0.1, 0.15) is 0 Å². The molecule has 2 unspecified atom stereocenters. The van der Waals surface area contributed by atoms with Crippen LogP contribution in [0.2, 0.25) is 0 Å². The Bertz CT molecular complexity index is 1510. The van der Waals surface area contributed by atoms with Crippen LogP contribution in [0.3, 0.4) is 0 Å². The van der Waals surface area contributed by atoms with Crippen LogP contribution < -0.4 is 10.6 Å². The number of rotatable bonds is 9. The highest BCUT2D eigenvalue weighted by Gasteiger charge is 2.70. The van der Waals surface area contributed by atoms with Crippen LogP contribution in [0.1, 0.15) is 122 Å². The van der Waals surface area contributed by atoms with Crippen molar-refractivity contribution in [2.24, 2.45) is 63.1 Å². The van der Waals surface area contributed by atoms with E-state index in [1.165, 1.54) is 74.5 Å². The molecule has 0 bridgehead atoms. The summed E-state index contributed by atoms with van der Waals surface area (Å²) in [5, 5.41) is 17.5. The standard InChI is InChI=1S/C44H64N2O3/c1-27(2)31-14-19-44(46-23-22-45-25-35-32-24-30(32)26-49-35)21-20-42(6)34(38(31)44)12-13-37-41(5)17-15-33(28-8-10-29(11-9-28)39(47)48)40(3,4)36(41)16-18-43(37,42)7/h8-11,15,30-32,34-38,45-46H,1,12-14,16-26H2,2-7H3,(H,47,48)/t30?,31-,32?,34+,35+,36-,37+,38+,41-,42+,43+,44-/m0/s1. The lowest BCUT2D eigenvalue weighted by Crippen LogP contribution is -2.68. The van der Waals surface area contributed by atoms with Gasteiger partial charge in [-0.2, -0.15) is 0 Å². The number of fused-ring (bicyclic) bond motifs is 8. The van der Waals surface area contributed by atoms with Gasteiger partial charge in [-0.05, 0) is 157 Å². The van der Waals surface area contributed by atoms with Gasteiger partial charge in [-0.25, -0.2) is 4.79 Å². The van der Waals surface area contributed by atoms with Gasteiger partial charge >= 0.3 is 5.97 Å². The number of nitrogens with one attached hydrogen (secondary N) is 2. The van der Waals surface area contributed by atoms with Crippen LogP contribution >= 0.6 is 0 Å². The zero-order valence-corrected chi connectivity index (χ0v) is 31.4. The second-order valence-corrected chi connectivity index (χ2v) is 19.4. The monoisotopic (exact) mass is 668 g/mol. The van der Waals surface area contributed by atoms with Gasteiger partial charge in [0.15, 0.2) is 0 Å². The Hall–Kier alpha value is -1.95. The van der Waals surface area contributed by atoms with Gasteiger partial charge in [-0.15, -0.1) is 0 Å². The number of carboxylic acid groups (broad SMARTS) is 1. The van der Waals surface area contributed by atoms with Crippen molar-refractivity contribution in [3.63, 3.8) is 0 Å². The van der Waals surface area contributed by atoms with Crippen LogP contribution in [-0.2, 0) is 4.74 Å². The number of benzene rings is 1. The summed E-state index contributed by atoms with van der Waals surface area (Å²) in [5.41, 5.74) is 5.60. The molecule has 268 valence electrons. The summed E-state index contributed by atoms with van der Waals surface area (Å²) < 4.78 is 6.02. The topological polar surface area (TPSA) is 70.6 Å². The van der Waals surface area contributed by atoms with E-state index in [1.54, 1.807) is 12.1 Å². The third kappa shape index (κ3) is 5.05. The van der Waals surface area contributed by atoms with E-state index in [0.717, 1.165) is 50.4 Å². The Balaban J connectivity index is 1.03. The van der Waals surface area contributed by atoms with Crippen molar-refractivity contribution in [3.05, 3.63) is 53.6 Å². The van der Waals surface area contributed by atoms with Gasteiger partial charge in [-0.3, -0.25) is 0 Å². The molecule has 5 saturated carbocycles. The Labute approximate surface area is 296 Å². The highest BCUT2D eigenvalue weighted by atomic mass is 16.5. The molecule has 0 aromatic heterocycles. The zero-order valence-electron chi connectivity index (χ0n) is 31.4. The number of carboxylic acids is 1. The Morgan fingerprint density at radius 1 is 0.939 bits per heavy atom. The molecule has 49 heavy (non-hydrogen) atoms. The molecule has 1 saturated heterocycles.